The first-order chi connectivity index (χ1) is 11.5. The van der Waals surface area contributed by atoms with Gasteiger partial charge >= 0.3 is 6.09 Å². The van der Waals surface area contributed by atoms with E-state index in [2.05, 4.69) is 6.92 Å². The average molecular weight is 374 g/mol. The van der Waals surface area contributed by atoms with E-state index in [9.17, 15) is 9.59 Å². The van der Waals surface area contributed by atoms with Crippen molar-refractivity contribution in [2.45, 2.75) is 69.9 Å². The molecule has 2 amide bonds. The van der Waals surface area contributed by atoms with Gasteiger partial charge in [0.2, 0.25) is 5.91 Å². The molecule has 0 aromatic heterocycles. The van der Waals surface area contributed by atoms with Crippen molar-refractivity contribution in [2.75, 3.05) is 26.2 Å². The molecule has 2 heterocycles. The minimum atomic E-state index is -0.387. The second-order valence-electron chi connectivity index (χ2n) is 7.72. The largest absolute Gasteiger partial charge is 0.441 e. The van der Waals surface area contributed by atoms with Gasteiger partial charge in [-0.05, 0) is 25.2 Å². The lowest BCUT2D eigenvalue weighted by Gasteiger charge is -2.38. The quantitative estimate of drug-likeness (QED) is 0.696. The fraction of sp³-hybridized carbons (Fsp3) is 0.889. The van der Waals surface area contributed by atoms with Gasteiger partial charge in [0.25, 0.3) is 0 Å². The van der Waals surface area contributed by atoms with E-state index in [0.717, 1.165) is 45.1 Å². The van der Waals surface area contributed by atoms with Crippen LogP contribution in [-0.4, -0.2) is 59.6 Å². The Hall–Kier alpha value is -1.01. The van der Waals surface area contributed by atoms with E-state index in [0.29, 0.717) is 25.6 Å². The van der Waals surface area contributed by atoms with E-state index in [1.165, 1.54) is 12.8 Å². The number of halogens is 1. The maximum absolute atomic E-state index is 12.4. The molecule has 3 rings (SSSR count). The summed E-state index contributed by atoms with van der Waals surface area (Å²) in [7, 11) is 0. The van der Waals surface area contributed by atoms with Crippen LogP contribution in [0.4, 0.5) is 4.79 Å². The predicted molar refractivity (Wildman–Crippen MR) is 98.7 cm³/mol. The second-order valence-corrected chi connectivity index (χ2v) is 7.72. The van der Waals surface area contributed by atoms with Gasteiger partial charge in [-0.25, -0.2) is 4.79 Å². The molecular formula is C18H32ClN3O3. The summed E-state index contributed by atoms with van der Waals surface area (Å²) in [5.41, 5.74) is 5.65. The Morgan fingerprint density at radius 2 is 1.96 bits per heavy atom. The lowest BCUT2D eigenvalue weighted by Crippen LogP contribution is -2.53. The van der Waals surface area contributed by atoms with Crippen molar-refractivity contribution < 1.29 is 14.3 Å². The number of nitrogens with two attached hydrogens (primary N) is 1. The summed E-state index contributed by atoms with van der Waals surface area (Å²) in [5, 5.41) is 0. The maximum Gasteiger partial charge on any atom is 0.410 e. The number of nitrogens with zero attached hydrogens (tertiary/aromatic N) is 2. The molecule has 144 valence electrons. The van der Waals surface area contributed by atoms with Crippen molar-refractivity contribution in [1.29, 1.82) is 0 Å². The Labute approximate surface area is 156 Å². The molecule has 7 heteroatoms. The molecule has 6 nitrogen and oxygen atoms in total. The molecule has 1 aliphatic carbocycles. The minimum Gasteiger partial charge on any atom is -0.441 e. The van der Waals surface area contributed by atoms with Gasteiger partial charge in [0.15, 0.2) is 0 Å². The van der Waals surface area contributed by atoms with Crippen molar-refractivity contribution in [2.24, 2.45) is 11.7 Å². The molecule has 3 aliphatic rings. The van der Waals surface area contributed by atoms with Crippen LogP contribution in [0.5, 0.6) is 0 Å². The predicted octanol–water partition coefficient (Wildman–Crippen LogP) is 2.54. The summed E-state index contributed by atoms with van der Waals surface area (Å²) < 4.78 is 5.73. The highest BCUT2D eigenvalue weighted by Crippen LogP contribution is 2.36. The molecule has 2 N–H and O–H groups in total. The molecule has 1 saturated carbocycles. The third-order valence-corrected chi connectivity index (χ3v) is 5.72. The molecule has 0 bridgehead atoms. The van der Waals surface area contributed by atoms with E-state index < -0.39 is 0 Å². The van der Waals surface area contributed by atoms with Crippen LogP contribution in [0.3, 0.4) is 0 Å². The molecule has 1 spiro atoms. The summed E-state index contributed by atoms with van der Waals surface area (Å²) in [6, 6.07) is -0.333. The summed E-state index contributed by atoms with van der Waals surface area (Å²) in [4.78, 5) is 28.3. The van der Waals surface area contributed by atoms with Crippen LogP contribution in [-0.2, 0) is 9.53 Å². The van der Waals surface area contributed by atoms with Gasteiger partial charge < -0.3 is 20.3 Å². The number of hydrogen-bond donors (Lipinski definition) is 1. The maximum atomic E-state index is 12.4. The molecule has 0 radical (unpaired) electrons. The van der Waals surface area contributed by atoms with E-state index in [1.54, 1.807) is 0 Å². The van der Waals surface area contributed by atoms with Gasteiger partial charge in [-0.1, -0.05) is 26.2 Å². The standard InChI is InChI=1S/C18H31N3O3.ClH/c1-2-3-4-5-10-21-13-18(24-17(21)23)8-11-20(12-9-18)16(22)15(19)14-6-7-14;/h14-15H,2-13,19H2,1H3;1H/t15-;/m0./s1. The van der Waals surface area contributed by atoms with Crippen molar-refractivity contribution in [3.63, 3.8) is 0 Å². The lowest BCUT2D eigenvalue weighted by atomic mass is 9.90. The number of ether oxygens (including phenoxy) is 1. The monoisotopic (exact) mass is 373 g/mol. The second kappa shape index (κ2) is 8.58. The zero-order valence-electron chi connectivity index (χ0n) is 15.2. The summed E-state index contributed by atoms with van der Waals surface area (Å²) in [6.07, 6.45) is 8.05. The molecule has 3 fully saturated rings. The Kier molecular flexibility index (Phi) is 6.97. The lowest BCUT2D eigenvalue weighted by molar-refractivity contribution is -0.136. The summed E-state index contributed by atoms with van der Waals surface area (Å²) >= 11 is 0. The first-order valence-corrected chi connectivity index (χ1v) is 9.57. The van der Waals surface area contributed by atoms with Crippen molar-refractivity contribution >= 4 is 24.4 Å². The molecule has 1 atom stereocenters. The summed E-state index contributed by atoms with van der Waals surface area (Å²) in [5.74, 6) is 0.462. The molecule has 0 aromatic rings. The number of hydrogen-bond acceptors (Lipinski definition) is 4. The topological polar surface area (TPSA) is 75.9 Å². The fourth-order valence-electron chi connectivity index (χ4n) is 3.86. The first kappa shape index (κ1) is 20.3. The molecule has 0 aromatic carbocycles. The van der Waals surface area contributed by atoms with Gasteiger partial charge in [0, 0.05) is 32.5 Å². The van der Waals surface area contributed by atoms with Crippen molar-refractivity contribution in [1.82, 2.24) is 9.80 Å². The van der Waals surface area contributed by atoms with E-state index in [-0.39, 0.29) is 36.1 Å². The number of amides is 2. The highest BCUT2D eigenvalue weighted by molar-refractivity contribution is 5.85. The van der Waals surface area contributed by atoms with Gasteiger partial charge in [-0.3, -0.25) is 4.79 Å². The third kappa shape index (κ3) is 4.79. The molecule has 2 saturated heterocycles. The van der Waals surface area contributed by atoms with Gasteiger partial charge in [-0.15, -0.1) is 12.4 Å². The Bertz CT molecular complexity index is 476. The van der Waals surface area contributed by atoms with Crippen LogP contribution in [0, 0.1) is 5.92 Å². The number of carbonyl (C=O) groups excluding carboxylic acids is 2. The number of piperidine rings is 1. The normalized spacial score (nSPS) is 23.4. The number of rotatable bonds is 7. The zero-order valence-corrected chi connectivity index (χ0v) is 16.1. The average Bonchev–Trinajstić information content (AvgIpc) is 3.38. The van der Waals surface area contributed by atoms with E-state index in [1.807, 2.05) is 9.80 Å². The Morgan fingerprint density at radius 3 is 2.56 bits per heavy atom. The fourth-order valence-corrected chi connectivity index (χ4v) is 3.86. The SMILES string of the molecule is CCCCCCN1CC2(CCN(C(=O)[C@@H](N)C3CC3)CC2)OC1=O.Cl. The van der Waals surface area contributed by atoms with Crippen LogP contribution in [0.25, 0.3) is 0 Å². The van der Waals surface area contributed by atoms with Gasteiger partial charge in [0.1, 0.15) is 5.60 Å². The van der Waals surface area contributed by atoms with Crippen molar-refractivity contribution in [3.8, 4) is 0 Å². The Balaban J connectivity index is 0.00000225. The van der Waals surface area contributed by atoms with Crippen LogP contribution in [0.15, 0.2) is 0 Å². The number of likely N-dealkylation sites (tertiary alicyclic amines) is 1. The number of unbranched alkanes of at least 4 members (excludes halogenated alkanes) is 3. The summed E-state index contributed by atoms with van der Waals surface area (Å²) in [6.45, 7) is 4.94. The van der Waals surface area contributed by atoms with Crippen LogP contribution < -0.4 is 5.73 Å². The molecule has 25 heavy (non-hydrogen) atoms. The van der Waals surface area contributed by atoms with Gasteiger partial charge in [0.05, 0.1) is 12.6 Å². The Morgan fingerprint density at radius 1 is 1.28 bits per heavy atom. The van der Waals surface area contributed by atoms with Crippen LogP contribution in [0.2, 0.25) is 0 Å². The van der Waals surface area contributed by atoms with E-state index >= 15 is 0 Å². The minimum absolute atomic E-state index is 0. The third-order valence-electron chi connectivity index (χ3n) is 5.72. The zero-order chi connectivity index (χ0) is 17.2. The smallest absolute Gasteiger partial charge is 0.410 e. The van der Waals surface area contributed by atoms with Crippen LogP contribution >= 0.6 is 12.4 Å². The highest BCUT2D eigenvalue weighted by Gasteiger charge is 2.48. The van der Waals surface area contributed by atoms with Crippen molar-refractivity contribution in [3.05, 3.63) is 0 Å². The van der Waals surface area contributed by atoms with Crippen LogP contribution in [0.1, 0.15) is 58.3 Å². The highest BCUT2D eigenvalue weighted by atomic mass is 35.5. The van der Waals surface area contributed by atoms with E-state index in [4.69, 9.17) is 10.5 Å². The van der Waals surface area contributed by atoms with Gasteiger partial charge in [-0.2, -0.15) is 0 Å². The molecule has 2 aliphatic heterocycles. The molecular weight excluding hydrogens is 342 g/mol. The molecule has 0 unspecified atom stereocenters. The number of carbonyl (C=O) groups is 2. The first-order valence-electron chi connectivity index (χ1n) is 9.57.